The highest BCUT2D eigenvalue weighted by molar-refractivity contribution is 7.59. The van der Waals surface area contributed by atoms with Gasteiger partial charge in [0.05, 0.1) is 6.04 Å². The second-order valence-electron chi connectivity index (χ2n) is 4.86. The molecule has 1 amide bonds. The minimum Gasteiger partial charge on any atom is -0.347 e. The molecule has 1 aromatic heterocycles. The van der Waals surface area contributed by atoms with Crippen molar-refractivity contribution >= 4 is 25.2 Å². The summed E-state index contributed by atoms with van der Waals surface area (Å²) in [6.07, 6.45) is 2.72. The van der Waals surface area contributed by atoms with Gasteiger partial charge in [-0.1, -0.05) is 0 Å². The highest BCUT2D eigenvalue weighted by Crippen LogP contribution is 2.04. The molecule has 1 aromatic rings. The lowest BCUT2D eigenvalue weighted by Gasteiger charge is -2.16. The highest BCUT2D eigenvalue weighted by Gasteiger charge is 2.20. The monoisotopic (exact) mass is 313 g/mol. The molecule has 7 heteroatoms. The van der Waals surface area contributed by atoms with Gasteiger partial charge in [-0.2, -0.15) is 13.5 Å². The summed E-state index contributed by atoms with van der Waals surface area (Å²) in [6, 6.07) is 1.10. The van der Waals surface area contributed by atoms with Crippen molar-refractivity contribution < 1.29 is 9.59 Å². The molecule has 1 heterocycles. The van der Waals surface area contributed by atoms with Crippen LogP contribution in [0.3, 0.4) is 0 Å². The summed E-state index contributed by atoms with van der Waals surface area (Å²) in [5, 5.41) is 2.61. The van der Waals surface area contributed by atoms with E-state index in [-0.39, 0.29) is 37.2 Å². The molecule has 6 nitrogen and oxygen atoms in total. The summed E-state index contributed by atoms with van der Waals surface area (Å²) in [6.45, 7) is 3.65. The SMILES string of the molecule is CC(=O)N[C@@H](CCCN)C(=O)Cc1cc(C)c[nH]c1=O.S. The molecule has 21 heavy (non-hydrogen) atoms. The van der Waals surface area contributed by atoms with Crippen LogP contribution in [0.15, 0.2) is 17.1 Å². The van der Waals surface area contributed by atoms with Gasteiger partial charge < -0.3 is 16.0 Å². The van der Waals surface area contributed by atoms with E-state index in [0.29, 0.717) is 24.9 Å². The van der Waals surface area contributed by atoms with Crippen molar-refractivity contribution in [2.75, 3.05) is 6.54 Å². The Bertz CT molecular complexity index is 543. The summed E-state index contributed by atoms with van der Waals surface area (Å²) in [5.74, 6) is -0.441. The number of hydrogen-bond donors (Lipinski definition) is 3. The number of pyridine rings is 1. The van der Waals surface area contributed by atoms with Crippen LogP contribution in [0.5, 0.6) is 0 Å². The third-order valence-electron chi connectivity index (χ3n) is 2.95. The first-order chi connectivity index (χ1) is 9.43. The molecule has 0 unspecified atom stereocenters. The number of H-pyrrole nitrogens is 1. The second-order valence-corrected chi connectivity index (χ2v) is 4.86. The fraction of sp³-hybridized carbons (Fsp3) is 0.500. The highest BCUT2D eigenvalue weighted by atomic mass is 32.1. The zero-order valence-corrected chi connectivity index (χ0v) is 13.4. The molecule has 0 saturated carbocycles. The number of carbonyl (C=O) groups is 2. The fourth-order valence-electron chi connectivity index (χ4n) is 1.98. The van der Waals surface area contributed by atoms with E-state index in [1.165, 1.54) is 6.92 Å². The van der Waals surface area contributed by atoms with E-state index >= 15 is 0 Å². The van der Waals surface area contributed by atoms with Crippen LogP contribution in [0, 0.1) is 6.92 Å². The molecular formula is C14H23N3O3S. The van der Waals surface area contributed by atoms with Crippen LogP contribution in [0.2, 0.25) is 0 Å². The molecule has 0 bridgehead atoms. The average Bonchev–Trinajstić information content (AvgIpc) is 2.38. The van der Waals surface area contributed by atoms with Crippen molar-refractivity contribution in [3.05, 3.63) is 33.7 Å². The van der Waals surface area contributed by atoms with Crippen LogP contribution in [-0.2, 0) is 16.0 Å². The predicted molar refractivity (Wildman–Crippen MR) is 86.8 cm³/mol. The van der Waals surface area contributed by atoms with E-state index in [4.69, 9.17) is 5.73 Å². The van der Waals surface area contributed by atoms with Crippen LogP contribution in [0.4, 0.5) is 0 Å². The summed E-state index contributed by atoms with van der Waals surface area (Å²) in [5.41, 5.74) is 6.45. The van der Waals surface area contributed by atoms with E-state index in [0.717, 1.165) is 5.56 Å². The molecule has 0 aromatic carbocycles. The van der Waals surface area contributed by atoms with Gasteiger partial charge in [0, 0.05) is 25.1 Å². The Balaban J connectivity index is 0.00000400. The topological polar surface area (TPSA) is 105 Å². The molecule has 0 saturated heterocycles. The molecule has 0 aliphatic carbocycles. The van der Waals surface area contributed by atoms with Gasteiger partial charge in [0.25, 0.3) is 5.56 Å². The van der Waals surface area contributed by atoms with E-state index in [1.807, 2.05) is 6.92 Å². The number of aromatic nitrogens is 1. The molecule has 0 spiro atoms. The normalized spacial score (nSPS) is 11.4. The zero-order chi connectivity index (χ0) is 15.1. The van der Waals surface area contributed by atoms with Crippen molar-refractivity contribution in [3.63, 3.8) is 0 Å². The largest absolute Gasteiger partial charge is 0.347 e. The summed E-state index contributed by atoms with van der Waals surface area (Å²) in [4.78, 5) is 37.6. The second kappa shape index (κ2) is 9.36. The fourth-order valence-corrected chi connectivity index (χ4v) is 1.98. The van der Waals surface area contributed by atoms with Gasteiger partial charge in [-0.3, -0.25) is 14.4 Å². The Labute approximate surface area is 131 Å². The Morgan fingerprint density at radius 1 is 1.43 bits per heavy atom. The lowest BCUT2D eigenvalue weighted by molar-refractivity contribution is -0.126. The summed E-state index contributed by atoms with van der Waals surface area (Å²) in [7, 11) is 0. The molecule has 0 aliphatic rings. The van der Waals surface area contributed by atoms with Crippen molar-refractivity contribution in [2.24, 2.45) is 5.73 Å². The maximum absolute atomic E-state index is 12.2. The van der Waals surface area contributed by atoms with Gasteiger partial charge in [0.15, 0.2) is 5.78 Å². The van der Waals surface area contributed by atoms with Gasteiger partial charge in [-0.25, -0.2) is 0 Å². The van der Waals surface area contributed by atoms with Crippen LogP contribution < -0.4 is 16.6 Å². The molecular weight excluding hydrogens is 290 g/mol. The van der Waals surface area contributed by atoms with Crippen LogP contribution in [-0.4, -0.2) is 29.3 Å². The number of aromatic amines is 1. The predicted octanol–water partition coefficient (Wildman–Crippen LogP) is 0.151. The number of rotatable bonds is 7. The van der Waals surface area contributed by atoms with Crippen molar-refractivity contribution in [2.45, 2.75) is 39.2 Å². The quantitative estimate of drug-likeness (QED) is 0.666. The Morgan fingerprint density at radius 2 is 2.10 bits per heavy atom. The number of hydrogen-bond acceptors (Lipinski definition) is 4. The summed E-state index contributed by atoms with van der Waals surface area (Å²) < 4.78 is 0. The maximum atomic E-state index is 12.2. The number of Topliss-reactive ketones (excluding diaryl/α,β-unsaturated/α-hetero) is 1. The standard InChI is InChI=1S/C14H21N3O3.H2S/c1-9-6-11(14(20)16-8-9)7-13(19)12(4-3-5-15)17-10(2)18;/h6,8,12H,3-5,7,15H2,1-2H3,(H,16,20)(H,17,18);1H2/t12-;/m0./s1. The van der Waals surface area contributed by atoms with Gasteiger partial charge in [-0.05, 0) is 37.9 Å². The van der Waals surface area contributed by atoms with Gasteiger partial charge >= 0.3 is 0 Å². The van der Waals surface area contributed by atoms with Crippen molar-refractivity contribution in [1.29, 1.82) is 0 Å². The zero-order valence-electron chi connectivity index (χ0n) is 12.4. The molecule has 1 rings (SSSR count). The number of amides is 1. The van der Waals surface area contributed by atoms with Crippen LogP contribution in [0.1, 0.15) is 30.9 Å². The average molecular weight is 313 g/mol. The summed E-state index contributed by atoms with van der Waals surface area (Å²) >= 11 is 0. The smallest absolute Gasteiger partial charge is 0.251 e. The lowest BCUT2D eigenvalue weighted by atomic mass is 10.00. The lowest BCUT2D eigenvalue weighted by Crippen LogP contribution is -2.41. The Morgan fingerprint density at radius 3 is 2.67 bits per heavy atom. The molecule has 118 valence electrons. The number of ketones is 1. The molecule has 0 radical (unpaired) electrons. The molecule has 0 aliphatic heterocycles. The number of carbonyl (C=O) groups excluding carboxylic acids is 2. The number of aryl methyl sites for hydroxylation is 1. The first-order valence-electron chi connectivity index (χ1n) is 6.62. The van der Waals surface area contributed by atoms with Crippen molar-refractivity contribution in [3.8, 4) is 0 Å². The van der Waals surface area contributed by atoms with E-state index in [9.17, 15) is 14.4 Å². The third-order valence-corrected chi connectivity index (χ3v) is 2.95. The third kappa shape index (κ3) is 6.59. The Hall–Kier alpha value is -1.60. The maximum Gasteiger partial charge on any atom is 0.251 e. The van der Waals surface area contributed by atoms with Crippen LogP contribution >= 0.6 is 13.5 Å². The van der Waals surface area contributed by atoms with Crippen molar-refractivity contribution in [1.82, 2.24) is 10.3 Å². The minimum atomic E-state index is -0.587. The molecule has 0 fully saturated rings. The number of nitrogens with two attached hydrogens (primary N) is 1. The van der Waals surface area contributed by atoms with E-state index in [1.54, 1.807) is 12.3 Å². The van der Waals surface area contributed by atoms with E-state index in [2.05, 4.69) is 10.3 Å². The van der Waals surface area contributed by atoms with Gasteiger partial charge in [0.2, 0.25) is 5.91 Å². The minimum absolute atomic E-state index is 0. The van der Waals surface area contributed by atoms with Gasteiger partial charge in [0.1, 0.15) is 0 Å². The first-order valence-corrected chi connectivity index (χ1v) is 6.62. The Kier molecular flexibility index (Phi) is 8.64. The molecule has 1 atom stereocenters. The van der Waals surface area contributed by atoms with Gasteiger partial charge in [-0.15, -0.1) is 0 Å². The molecule has 4 N–H and O–H groups in total. The number of nitrogens with one attached hydrogen (secondary N) is 2. The van der Waals surface area contributed by atoms with Crippen LogP contribution in [0.25, 0.3) is 0 Å². The first kappa shape index (κ1) is 19.4. The van der Waals surface area contributed by atoms with E-state index < -0.39 is 6.04 Å².